The highest BCUT2D eigenvalue weighted by Crippen LogP contribution is 2.34. The van der Waals surface area contributed by atoms with Crippen molar-refractivity contribution in [1.29, 1.82) is 0 Å². The van der Waals surface area contributed by atoms with E-state index in [4.69, 9.17) is 8.92 Å². The lowest BCUT2D eigenvalue weighted by Crippen LogP contribution is -2.47. The molecule has 11 heteroatoms. The number of halogens is 3. The first kappa shape index (κ1) is 27.6. The molecule has 0 aliphatic heterocycles. The Kier molecular flexibility index (Phi) is 8.76. The summed E-state index contributed by atoms with van der Waals surface area (Å²) in [6.07, 6.45) is 0.482. The lowest BCUT2D eigenvalue weighted by Gasteiger charge is -2.31. The molecular weight excluding hydrogens is 497 g/mol. The van der Waals surface area contributed by atoms with Crippen LogP contribution >= 0.6 is 0 Å². The van der Waals surface area contributed by atoms with Gasteiger partial charge in [0.1, 0.15) is 4.90 Å². The van der Waals surface area contributed by atoms with Gasteiger partial charge >= 0.3 is 22.3 Å². The summed E-state index contributed by atoms with van der Waals surface area (Å²) < 4.78 is 75.2. The topological polar surface area (TPSA) is 84.9 Å². The zero-order chi connectivity index (χ0) is 26.5. The van der Waals surface area contributed by atoms with Crippen molar-refractivity contribution in [2.45, 2.75) is 75.7 Å². The normalized spacial score (nSPS) is 15.0. The molecule has 0 aromatic heterocycles. The number of methoxy groups -OCH3 is 1. The van der Waals surface area contributed by atoms with Crippen LogP contribution in [0.3, 0.4) is 0 Å². The molecule has 0 radical (unpaired) electrons. The number of alkyl halides is 3. The zero-order valence-electron chi connectivity index (χ0n) is 20.5. The number of benzene rings is 2. The fourth-order valence-electron chi connectivity index (χ4n) is 4.07. The van der Waals surface area contributed by atoms with Crippen LogP contribution in [0.2, 0.25) is 0 Å². The molecule has 3 rings (SSSR count). The van der Waals surface area contributed by atoms with Crippen molar-refractivity contribution in [2.24, 2.45) is 0 Å². The molecule has 1 aliphatic carbocycles. The van der Waals surface area contributed by atoms with Crippen LogP contribution in [0, 0.1) is 0 Å². The van der Waals surface area contributed by atoms with Crippen molar-refractivity contribution in [3.8, 4) is 11.5 Å². The Morgan fingerprint density at radius 2 is 1.78 bits per heavy atom. The number of hydrogen-bond donors (Lipinski definition) is 1. The van der Waals surface area contributed by atoms with E-state index in [2.05, 4.69) is 5.32 Å². The number of carbonyl (C=O) groups excluding carboxylic acids is 1. The Morgan fingerprint density at radius 3 is 2.39 bits per heavy atom. The van der Waals surface area contributed by atoms with Crippen LogP contribution < -0.4 is 14.2 Å². The molecule has 7 nitrogen and oxygen atoms in total. The third-order valence-corrected chi connectivity index (χ3v) is 7.28. The molecule has 0 saturated heterocycles. The number of nitrogens with zero attached hydrogens (tertiary/aromatic N) is 1. The second-order valence-electron chi connectivity index (χ2n) is 9.05. The molecule has 0 heterocycles. The molecule has 198 valence electrons. The first-order chi connectivity index (χ1) is 16.9. The smallest absolute Gasteiger partial charge is 0.416 e. The minimum Gasteiger partial charge on any atom is -0.493 e. The summed E-state index contributed by atoms with van der Waals surface area (Å²) in [6.45, 7) is 3.92. The van der Waals surface area contributed by atoms with Gasteiger partial charge in [-0.05, 0) is 62.6 Å². The maximum Gasteiger partial charge on any atom is 0.416 e. The van der Waals surface area contributed by atoms with Crippen molar-refractivity contribution in [1.82, 2.24) is 10.2 Å². The third-order valence-electron chi connectivity index (χ3n) is 6.05. The molecule has 1 N–H and O–H groups in total. The van der Waals surface area contributed by atoms with Gasteiger partial charge in [0.2, 0.25) is 0 Å². The van der Waals surface area contributed by atoms with E-state index in [9.17, 15) is 26.4 Å². The maximum absolute atomic E-state index is 13.1. The van der Waals surface area contributed by atoms with E-state index in [1.165, 1.54) is 19.2 Å². The lowest BCUT2D eigenvalue weighted by molar-refractivity contribution is -0.137. The zero-order valence-corrected chi connectivity index (χ0v) is 21.3. The Hall–Kier alpha value is -2.95. The highest BCUT2D eigenvalue weighted by Gasteiger charge is 2.32. The summed E-state index contributed by atoms with van der Waals surface area (Å²) in [6, 6.07) is 7.65. The van der Waals surface area contributed by atoms with Crippen molar-refractivity contribution < 1.29 is 35.3 Å². The number of ether oxygens (including phenoxy) is 1. The number of urea groups is 1. The molecule has 0 unspecified atom stereocenters. The standard InChI is InChI=1S/C25H31F3N2O5S/c1-17(2)30(24(31)29-20-9-5-4-6-10-20)16-18-12-13-22(34-3)23(14-18)35-36(32,33)21-11-7-8-19(15-21)25(26,27)28/h7-8,11-15,17,20H,4-6,9-10,16H2,1-3H3,(H,29,31). The van der Waals surface area contributed by atoms with Gasteiger partial charge in [0, 0.05) is 18.6 Å². The van der Waals surface area contributed by atoms with Crippen LogP contribution in [-0.2, 0) is 22.8 Å². The first-order valence-corrected chi connectivity index (χ1v) is 13.2. The van der Waals surface area contributed by atoms with Gasteiger partial charge in [-0.1, -0.05) is 31.4 Å². The Bertz CT molecular complexity index is 1160. The van der Waals surface area contributed by atoms with Gasteiger partial charge in [-0.2, -0.15) is 21.6 Å². The van der Waals surface area contributed by atoms with Crippen LogP contribution in [0.5, 0.6) is 11.5 Å². The van der Waals surface area contributed by atoms with Crippen LogP contribution in [0.25, 0.3) is 0 Å². The molecule has 0 bridgehead atoms. The minimum absolute atomic E-state index is 0.0806. The highest BCUT2D eigenvalue weighted by molar-refractivity contribution is 7.87. The number of hydrogen-bond acceptors (Lipinski definition) is 5. The maximum atomic E-state index is 13.1. The van der Waals surface area contributed by atoms with Gasteiger partial charge in [0.25, 0.3) is 0 Å². The average Bonchev–Trinajstić information content (AvgIpc) is 2.82. The van der Waals surface area contributed by atoms with Gasteiger partial charge in [-0.25, -0.2) is 4.79 Å². The number of carbonyl (C=O) groups is 1. The van der Waals surface area contributed by atoms with Crippen molar-refractivity contribution in [2.75, 3.05) is 7.11 Å². The monoisotopic (exact) mass is 528 g/mol. The molecule has 0 atom stereocenters. The van der Waals surface area contributed by atoms with E-state index in [1.807, 2.05) is 13.8 Å². The second kappa shape index (κ2) is 11.4. The highest BCUT2D eigenvalue weighted by atomic mass is 32.2. The van der Waals surface area contributed by atoms with Crippen LogP contribution in [0.4, 0.5) is 18.0 Å². The van der Waals surface area contributed by atoms with E-state index in [1.54, 1.807) is 11.0 Å². The lowest BCUT2D eigenvalue weighted by atomic mass is 9.96. The average molecular weight is 529 g/mol. The molecule has 0 spiro atoms. The Morgan fingerprint density at radius 1 is 1.08 bits per heavy atom. The summed E-state index contributed by atoms with van der Waals surface area (Å²) in [7, 11) is -3.28. The summed E-state index contributed by atoms with van der Waals surface area (Å²) in [4.78, 5) is 14.0. The van der Waals surface area contributed by atoms with Crippen molar-refractivity contribution in [3.63, 3.8) is 0 Å². The Labute approximate surface area is 209 Å². The van der Waals surface area contributed by atoms with Gasteiger partial charge < -0.3 is 19.1 Å². The molecular formula is C25H31F3N2O5S. The van der Waals surface area contributed by atoms with Gasteiger partial charge in [0.15, 0.2) is 11.5 Å². The van der Waals surface area contributed by atoms with E-state index in [0.717, 1.165) is 50.3 Å². The minimum atomic E-state index is -4.71. The van der Waals surface area contributed by atoms with Crippen LogP contribution in [0.15, 0.2) is 47.4 Å². The largest absolute Gasteiger partial charge is 0.493 e. The number of nitrogens with one attached hydrogen (secondary N) is 1. The molecule has 36 heavy (non-hydrogen) atoms. The predicted molar refractivity (Wildman–Crippen MR) is 128 cm³/mol. The summed E-state index contributed by atoms with van der Waals surface area (Å²) in [5.74, 6) is -0.110. The van der Waals surface area contributed by atoms with E-state index in [-0.39, 0.29) is 36.2 Å². The van der Waals surface area contributed by atoms with Gasteiger partial charge in [0.05, 0.1) is 12.7 Å². The fourth-order valence-corrected chi connectivity index (χ4v) is 5.05. The van der Waals surface area contributed by atoms with E-state index in [0.29, 0.717) is 11.6 Å². The first-order valence-electron chi connectivity index (χ1n) is 11.8. The van der Waals surface area contributed by atoms with Gasteiger partial charge in [-0.15, -0.1) is 0 Å². The fraction of sp³-hybridized carbons (Fsp3) is 0.480. The summed E-state index contributed by atoms with van der Waals surface area (Å²) in [5.41, 5.74) is -0.540. The predicted octanol–water partition coefficient (Wildman–Crippen LogP) is 5.73. The molecule has 2 amide bonds. The SMILES string of the molecule is COc1ccc(CN(C(=O)NC2CCCCC2)C(C)C)cc1OS(=O)(=O)c1cccc(C(F)(F)F)c1. The van der Waals surface area contributed by atoms with E-state index >= 15 is 0 Å². The van der Waals surface area contributed by atoms with E-state index < -0.39 is 26.8 Å². The second-order valence-corrected chi connectivity index (χ2v) is 10.6. The van der Waals surface area contributed by atoms with Crippen LogP contribution in [-0.4, -0.2) is 38.5 Å². The molecule has 1 fully saturated rings. The molecule has 1 aliphatic rings. The molecule has 1 saturated carbocycles. The molecule has 2 aromatic carbocycles. The summed E-state index contributed by atoms with van der Waals surface area (Å²) in [5, 5.41) is 3.08. The van der Waals surface area contributed by atoms with Crippen LogP contribution in [0.1, 0.15) is 57.1 Å². The number of rotatable bonds is 8. The third kappa shape index (κ3) is 7.05. The van der Waals surface area contributed by atoms with Crippen molar-refractivity contribution >= 4 is 16.1 Å². The summed E-state index contributed by atoms with van der Waals surface area (Å²) >= 11 is 0. The number of amides is 2. The quantitative estimate of drug-likeness (QED) is 0.442. The Balaban J connectivity index is 1.83. The van der Waals surface area contributed by atoms with Crippen molar-refractivity contribution in [3.05, 3.63) is 53.6 Å². The van der Waals surface area contributed by atoms with Gasteiger partial charge in [-0.3, -0.25) is 0 Å². The molecule has 2 aromatic rings.